The first-order valence-electron chi connectivity index (χ1n) is 9.56. The van der Waals surface area contributed by atoms with Crippen LogP contribution < -0.4 is 11.5 Å². The molecule has 0 bridgehead atoms. The van der Waals surface area contributed by atoms with Gasteiger partial charge in [-0.05, 0) is 61.6 Å². The van der Waals surface area contributed by atoms with Crippen molar-refractivity contribution >= 4 is 17.9 Å². The number of nitrogens with two attached hydrogens (primary N) is 2. The van der Waals surface area contributed by atoms with Crippen molar-refractivity contribution in [1.29, 1.82) is 0 Å². The van der Waals surface area contributed by atoms with Gasteiger partial charge in [0.25, 0.3) is 0 Å². The zero-order valence-electron chi connectivity index (χ0n) is 17.1. The lowest BCUT2D eigenvalue weighted by molar-refractivity contribution is -0.139. The molecule has 2 aromatic rings. The molecule has 5 N–H and O–H groups in total. The van der Waals surface area contributed by atoms with Crippen LogP contribution in [-0.4, -0.2) is 40.4 Å². The molecule has 0 aliphatic carbocycles. The van der Waals surface area contributed by atoms with Crippen molar-refractivity contribution in [2.75, 3.05) is 6.54 Å². The molecule has 6 nitrogen and oxygen atoms in total. The van der Waals surface area contributed by atoms with Crippen molar-refractivity contribution in [1.82, 2.24) is 4.90 Å². The molecular weight excluding hydrogens is 366 g/mol. The minimum Gasteiger partial charge on any atom is -0.508 e. The number of benzene rings is 2. The third-order valence-electron chi connectivity index (χ3n) is 5.00. The summed E-state index contributed by atoms with van der Waals surface area (Å²) in [6.45, 7) is 5.55. The van der Waals surface area contributed by atoms with E-state index < -0.39 is 18.0 Å². The van der Waals surface area contributed by atoms with E-state index in [2.05, 4.69) is 0 Å². The van der Waals surface area contributed by atoms with Crippen LogP contribution in [0, 0.1) is 13.8 Å². The van der Waals surface area contributed by atoms with E-state index in [0.29, 0.717) is 6.42 Å². The minimum atomic E-state index is -0.830. The second-order valence-electron chi connectivity index (χ2n) is 7.25. The quantitative estimate of drug-likeness (QED) is 0.637. The Hall–Kier alpha value is -3.12. The number of aryl methyl sites for hydroxylation is 2. The standard InChI is InChI=1S/C23H29N3O3/c1-15-12-19(27)13-16(2)20(15)14-21(24)23(29)26(17(3)22(25)28)11-7-10-18-8-5-4-6-9-18/h4-10,12-13,17,21,27H,11,14,24H2,1-3H3,(H2,25,28)/t17-,21?/m1/s1. The topological polar surface area (TPSA) is 110 Å². The van der Waals surface area contributed by atoms with Gasteiger partial charge in [-0.2, -0.15) is 0 Å². The summed E-state index contributed by atoms with van der Waals surface area (Å²) in [5.74, 6) is -0.754. The Morgan fingerprint density at radius 3 is 2.28 bits per heavy atom. The highest BCUT2D eigenvalue weighted by molar-refractivity contribution is 5.89. The summed E-state index contributed by atoms with van der Waals surface area (Å²) in [5.41, 5.74) is 15.3. The van der Waals surface area contributed by atoms with E-state index in [1.807, 2.05) is 56.3 Å². The molecule has 0 aliphatic rings. The molecule has 0 aliphatic heterocycles. The number of nitrogens with zero attached hydrogens (tertiary/aromatic N) is 1. The van der Waals surface area contributed by atoms with E-state index >= 15 is 0 Å². The third kappa shape index (κ3) is 5.93. The predicted octanol–water partition coefficient (Wildman–Crippen LogP) is 2.29. The summed E-state index contributed by atoms with van der Waals surface area (Å²) in [7, 11) is 0. The van der Waals surface area contributed by atoms with Crippen LogP contribution in [0.2, 0.25) is 0 Å². The maximum Gasteiger partial charge on any atom is 0.240 e. The van der Waals surface area contributed by atoms with Crippen LogP contribution >= 0.6 is 0 Å². The SMILES string of the molecule is Cc1cc(O)cc(C)c1CC(N)C(=O)N(CC=Cc1ccccc1)[C@H](C)C(N)=O. The van der Waals surface area contributed by atoms with Crippen molar-refractivity contribution in [2.45, 2.75) is 39.3 Å². The van der Waals surface area contributed by atoms with Crippen molar-refractivity contribution in [3.63, 3.8) is 0 Å². The zero-order chi connectivity index (χ0) is 21.6. The van der Waals surface area contributed by atoms with E-state index in [0.717, 1.165) is 22.3 Å². The summed E-state index contributed by atoms with van der Waals surface area (Å²) in [4.78, 5) is 26.2. The van der Waals surface area contributed by atoms with Crippen LogP contribution in [0.1, 0.15) is 29.2 Å². The van der Waals surface area contributed by atoms with Gasteiger partial charge in [-0.15, -0.1) is 0 Å². The Morgan fingerprint density at radius 1 is 1.14 bits per heavy atom. The number of carbonyl (C=O) groups is 2. The Balaban J connectivity index is 2.18. The Bertz CT molecular complexity index is 870. The van der Waals surface area contributed by atoms with Crippen molar-refractivity contribution in [3.8, 4) is 5.75 Å². The number of carbonyl (C=O) groups excluding carboxylic acids is 2. The van der Waals surface area contributed by atoms with Gasteiger partial charge >= 0.3 is 0 Å². The lowest BCUT2D eigenvalue weighted by atomic mass is 9.95. The fourth-order valence-corrected chi connectivity index (χ4v) is 3.27. The van der Waals surface area contributed by atoms with E-state index in [1.165, 1.54) is 4.90 Å². The molecule has 0 heterocycles. The molecule has 2 rings (SSSR count). The van der Waals surface area contributed by atoms with Crippen LogP contribution in [0.5, 0.6) is 5.75 Å². The van der Waals surface area contributed by atoms with Crippen LogP contribution in [0.15, 0.2) is 48.5 Å². The average molecular weight is 396 g/mol. The van der Waals surface area contributed by atoms with Crippen LogP contribution in [0.4, 0.5) is 0 Å². The highest BCUT2D eigenvalue weighted by Crippen LogP contribution is 2.22. The highest BCUT2D eigenvalue weighted by atomic mass is 16.3. The first-order chi connectivity index (χ1) is 13.7. The van der Waals surface area contributed by atoms with E-state index in [4.69, 9.17) is 11.5 Å². The van der Waals surface area contributed by atoms with Crippen LogP contribution in [-0.2, 0) is 16.0 Å². The van der Waals surface area contributed by atoms with Gasteiger partial charge in [0.1, 0.15) is 11.8 Å². The number of rotatable bonds is 8. The van der Waals surface area contributed by atoms with Gasteiger partial charge in [-0.25, -0.2) is 0 Å². The van der Waals surface area contributed by atoms with Crippen molar-refractivity contribution < 1.29 is 14.7 Å². The lowest BCUT2D eigenvalue weighted by Gasteiger charge is -2.29. The summed E-state index contributed by atoms with van der Waals surface area (Å²) in [6.07, 6.45) is 4.01. The molecule has 0 saturated heterocycles. The first kappa shape index (κ1) is 22.2. The molecule has 0 aromatic heterocycles. The van der Waals surface area contributed by atoms with Gasteiger partial charge in [0.2, 0.25) is 11.8 Å². The Kier molecular flexibility index (Phi) is 7.56. The summed E-state index contributed by atoms with van der Waals surface area (Å²) >= 11 is 0. The fraction of sp³-hybridized carbons (Fsp3) is 0.304. The third-order valence-corrected chi connectivity index (χ3v) is 5.00. The van der Waals surface area contributed by atoms with Crippen molar-refractivity contribution in [3.05, 3.63) is 70.8 Å². The van der Waals surface area contributed by atoms with Gasteiger partial charge in [-0.1, -0.05) is 42.5 Å². The van der Waals surface area contributed by atoms with Gasteiger partial charge in [-0.3, -0.25) is 9.59 Å². The predicted molar refractivity (Wildman–Crippen MR) is 115 cm³/mol. The number of primary amides is 1. The number of hydrogen-bond acceptors (Lipinski definition) is 4. The smallest absolute Gasteiger partial charge is 0.240 e. The van der Waals surface area contributed by atoms with E-state index in [1.54, 1.807) is 19.1 Å². The molecule has 0 spiro atoms. The molecule has 6 heteroatoms. The number of phenolic OH excluding ortho intramolecular Hbond substituents is 1. The second kappa shape index (κ2) is 9.89. The number of aromatic hydroxyl groups is 1. The fourth-order valence-electron chi connectivity index (χ4n) is 3.27. The summed E-state index contributed by atoms with van der Waals surface area (Å²) in [6, 6.07) is 11.3. The van der Waals surface area contributed by atoms with Crippen LogP contribution in [0.25, 0.3) is 6.08 Å². The lowest BCUT2D eigenvalue weighted by Crippen LogP contribution is -2.52. The van der Waals surface area contributed by atoms with Gasteiger partial charge < -0.3 is 21.5 Å². The van der Waals surface area contributed by atoms with E-state index in [9.17, 15) is 14.7 Å². The molecule has 0 radical (unpaired) electrons. The van der Waals surface area contributed by atoms with Gasteiger partial charge in [0.15, 0.2) is 0 Å². The minimum absolute atomic E-state index is 0.179. The van der Waals surface area contributed by atoms with Gasteiger partial charge in [0, 0.05) is 6.54 Å². The summed E-state index contributed by atoms with van der Waals surface area (Å²) in [5, 5.41) is 9.71. The highest BCUT2D eigenvalue weighted by Gasteiger charge is 2.28. The molecule has 2 amide bonds. The molecule has 2 atom stereocenters. The molecule has 2 aromatic carbocycles. The molecule has 0 fully saturated rings. The molecule has 0 saturated carbocycles. The normalized spacial score (nSPS) is 13.2. The first-order valence-corrected chi connectivity index (χ1v) is 9.56. The van der Waals surface area contributed by atoms with Crippen molar-refractivity contribution in [2.24, 2.45) is 11.5 Å². The van der Waals surface area contributed by atoms with E-state index in [-0.39, 0.29) is 18.2 Å². The second-order valence-corrected chi connectivity index (χ2v) is 7.25. The van der Waals surface area contributed by atoms with Crippen LogP contribution in [0.3, 0.4) is 0 Å². The summed E-state index contributed by atoms with van der Waals surface area (Å²) < 4.78 is 0. The molecule has 1 unspecified atom stereocenters. The van der Waals surface area contributed by atoms with Gasteiger partial charge in [0.05, 0.1) is 6.04 Å². The largest absolute Gasteiger partial charge is 0.508 e. The monoisotopic (exact) mass is 395 g/mol. The Morgan fingerprint density at radius 2 is 1.72 bits per heavy atom. The number of phenols is 1. The zero-order valence-corrected chi connectivity index (χ0v) is 17.1. The maximum atomic E-state index is 13.0. The maximum absolute atomic E-state index is 13.0. The Labute approximate surface area is 171 Å². The molecule has 154 valence electrons. The molecule has 29 heavy (non-hydrogen) atoms. The average Bonchev–Trinajstić information content (AvgIpc) is 2.67. The number of hydrogen-bond donors (Lipinski definition) is 3. The molecular formula is C23H29N3O3. The number of amides is 2.